The van der Waals surface area contributed by atoms with Gasteiger partial charge in [0.25, 0.3) is 11.4 Å². The van der Waals surface area contributed by atoms with Gasteiger partial charge in [0.15, 0.2) is 26.3 Å². The summed E-state index contributed by atoms with van der Waals surface area (Å²) in [6.07, 6.45) is -7.87. The van der Waals surface area contributed by atoms with Crippen LogP contribution in [0.2, 0.25) is 0 Å². The molecule has 0 aromatic carbocycles. The quantitative estimate of drug-likeness (QED) is 0.298. The standard InChI is InChI=1S/C20H15F6N9O3S/c1-4-39(37,38)16-12(15-29-9-7-10(19(21,22)23)32(2)17(36)13(9)33(15)3)14-27-6-5-11(35(14)30-16)34-8-28-18(31-34)20(24,25)26/h5-8H,4H2,1-3H3. The zero-order valence-electron chi connectivity index (χ0n) is 19.9. The number of imidazole rings is 1. The molecule has 0 saturated heterocycles. The molecule has 0 N–H and O–H groups in total. The summed E-state index contributed by atoms with van der Waals surface area (Å²) in [5.74, 6) is -2.38. The number of aromatic nitrogens is 9. The summed E-state index contributed by atoms with van der Waals surface area (Å²) in [6, 6.07) is 1.84. The number of alkyl halides is 6. The molecule has 5 heterocycles. The molecule has 19 heteroatoms. The minimum absolute atomic E-state index is 0.184. The van der Waals surface area contributed by atoms with Crippen LogP contribution < -0.4 is 5.56 Å². The number of pyridine rings is 1. The van der Waals surface area contributed by atoms with Gasteiger partial charge in [0.2, 0.25) is 0 Å². The molecule has 5 aromatic rings. The molecule has 0 fully saturated rings. The van der Waals surface area contributed by atoms with Gasteiger partial charge in [-0.15, -0.1) is 5.10 Å². The normalized spacial score (nSPS) is 13.2. The molecule has 0 aliphatic heterocycles. The Morgan fingerprint density at radius 2 is 1.67 bits per heavy atom. The Morgan fingerprint density at radius 3 is 2.26 bits per heavy atom. The van der Waals surface area contributed by atoms with E-state index < -0.39 is 50.0 Å². The molecule has 0 amide bonds. The first kappa shape index (κ1) is 26.3. The maximum absolute atomic E-state index is 13.5. The third-order valence-corrected chi connectivity index (χ3v) is 7.53. The number of halogens is 6. The molecule has 39 heavy (non-hydrogen) atoms. The monoisotopic (exact) mass is 575 g/mol. The predicted molar refractivity (Wildman–Crippen MR) is 121 cm³/mol. The lowest BCUT2D eigenvalue weighted by molar-refractivity contribution is -0.145. The first-order valence-corrected chi connectivity index (χ1v) is 12.4. The highest BCUT2D eigenvalue weighted by molar-refractivity contribution is 7.91. The SMILES string of the molecule is CCS(=O)(=O)c1nn2c(-n3cnc(C(F)(F)F)n3)ccnc2c1-c1nc2cc(C(F)(F)F)n(C)c(=O)c2n1C. The van der Waals surface area contributed by atoms with Gasteiger partial charge >= 0.3 is 12.4 Å². The van der Waals surface area contributed by atoms with E-state index in [1.807, 2.05) is 0 Å². The first-order valence-electron chi connectivity index (χ1n) is 10.8. The van der Waals surface area contributed by atoms with Crippen LogP contribution in [-0.2, 0) is 36.3 Å². The molecule has 12 nitrogen and oxygen atoms in total. The summed E-state index contributed by atoms with van der Waals surface area (Å²) in [5, 5.41) is 6.84. The van der Waals surface area contributed by atoms with Gasteiger partial charge in [0, 0.05) is 26.4 Å². The van der Waals surface area contributed by atoms with E-state index in [1.165, 1.54) is 20.0 Å². The molecule has 0 spiro atoms. The van der Waals surface area contributed by atoms with Crippen molar-refractivity contribution in [1.29, 1.82) is 0 Å². The van der Waals surface area contributed by atoms with E-state index in [4.69, 9.17) is 0 Å². The average Bonchev–Trinajstić information content (AvgIpc) is 3.56. The molecule has 0 radical (unpaired) electrons. The number of nitrogens with zero attached hydrogens (tertiary/aromatic N) is 9. The fourth-order valence-electron chi connectivity index (χ4n) is 4.00. The van der Waals surface area contributed by atoms with Gasteiger partial charge in [0.1, 0.15) is 28.9 Å². The molecule has 0 saturated carbocycles. The number of aryl methyl sites for hydroxylation is 1. The average molecular weight is 575 g/mol. The second-order valence-corrected chi connectivity index (χ2v) is 10.4. The Labute approximate surface area is 213 Å². The number of sulfone groups is 1. The molecule has 5 rings (SSSR count). The Balaban J connectivity index is 1.86. The van der Waals surface area contributed by atoms with Gasteiger partial charge < -0.3 is 9.13 Å². The maximum Gasteiger partial charge on any atom is 0.453 e. The summed E-state index contributed by atoms with van der Waals surface area (Å²) in [4.78, 5) is 24.3. The fourth-order valence-corrected chi connectivity index (χ4v) is 4.98. The van der Waals surface area contributed by atoms with Crippen LogP contribution >= 0.6 is 0 Å². The second kappa shape index (κ2) is 8.35. The van der Waals surface area contributed by atoms with Crippen molar-refractivity contribution >= 4 is 26.5 Å². The van der Waals surface area contributed by atoms with Gasteiger partial charge in [-0.05, 0) is 6.07 Å². The van der Waals surface area contributed by atoms with Crippen molar-refractivity contribution in [3.8, 4) is 17.2 Å². The van der Waals surface area contributed by atoms with Crippen LogP contribution in [0, 0.1) is 0 Å². The Hall–Kier alpha value is -4.29. The predicted octanol–water partition coefficient (Wildman–Crippen LogP) is 2.39. The zero-order valence-corrected chi connectivity index (χ0v) is 20.8. The topological polar surface area (TPSA) is 135 Å². The van der Waals surface area contributed by atoms with Crippen molar-refractivity contribution in [1.82, 2.24) is 43.5 Å². The minimum Gasteiger partial charge on any atom is -0.322 e. The van der Waals surface area contributed by atoms with Gasteiger partial charge in [-0.25, -0.2) is 28.1 Å². The highest BCUT2D eigenvalue weighted by atomic mass is 32.2. The second-order valence-electron chi connectivity index (χ2n) is 8.25. The zero-order chi connectivity index (χ0) is 28.7. The van der Waals surface area contributed by atoms with Gasteiger partial charge in [-0.2, -0.15) is 36.0 Å². The third-order valence-electron chi connectivity index (χ3n) is 5.90. The lowest BCUT2D eigenvalue weighted by Crippen LogP contribution is -2.26. The summed E-state index contributed by atoms with van der Waals surface area (Å²) >= 11 is 0. The van der Waals surface area contributed by atoms with Crippen LogP contribution in [0.5, 0.6) is 0 Å². The summed E-state index contributed by atoms with van der Waals surface area (Å²) in [6.45, 7) is 1.31. The maximum atomic E-state index is 13.5. The molecule has 5 aromatic heterocycles. The summed E-state index contributed by atoms with van der Waals surface area (Å²) < 4.78 is 109. The van der Waals surface area contributed by atoms with Crippen LogP contribution in [0.4, 0.5) is 26.3 Å². The van der Waals surface area contributed by atoms with Crippen LogP contribution in [0.3, 0.4) is 0 Å². The van der Waals surface area contributed by atoms with E-state index in [0.717, 1.165) is 28.7 Å². The van der Waals surface area contributed by atoms with Crippen LogP contribution in [-0.4, -0.2) is 57.7 Å². The number of rotatable bonds is 4. The molecule has 0 unspecified atom stereocenters. The molecule has 0 bridgehead atoms. The molecule has 0 aliphatic carbocycles. The van der Waals surface area contributed by atoms with Gasteiger partial charge in [-0.3, -0.25) is 4.79 Å². The van der Waals surface area contributed by atoms with Crippen molar-refractivity contribution in [3.63, 3.8) is 0 Å². The van der Waals surface area contributed by atoms with Crippen molar-refractivity contribution in [2.45, 2.75) is 24.3 Å². The lowest BCUT2D eigenvalue weighted by atomic mass is 10.3. The van der Waals surface area contributed by atoms with Crippen LogP contribution in [0.1, 0.15) is 18.4 Å². The van der Waals surface area contributed by atoms with Crippen molar-refractivity contribution in [2.24, 2.45) is 14.1 Å². The van der Waals surface area contributed by atoms with Crippen LogP contribution in [0.15, 0.2) is 34.5 Å². The van der Waals surface area contributed by atoms with E-state index in [-0.39, 0.29) is 33.9 Å². The number of hydrogen-bond acceptors (Lipinski definition) is 8. The van der Waals surface area contributed by atoms with E-state index in [0.29, 0.717) is 15.3 Å². The molecule has 206 valence electrons. The number of fused-ring (bicyclic) bond motifs is 2. The Bertz CT molecular complexity index is 1950. The molecule has 0 aliphatic rings. The van der Waals surface area contributed by atoms with E-state index in [9.17, 15) is 39.6 Å². The Morgan fingerprint density at radius 1 is 0.974 bits per heavy atom. The minimum atomic E-state index is -4.88. The molecule has 0 atom stereocenters. The van der Waals surface area contributed by atoms with Crippen molar-refractivity contribution in [2.75, 3.05) is 5.75 Å². The first-order chi connectivity index (χ1) is 18.1. The van der Waals surface area contributed by atoms with Crippen molar-refractivity contribution < 1.29 is 34.8 Å². The fraction of sp³-hybridized carbons (Fsp3) is 0.300. The molecular formula is C20H15F6N9O3S. The number of hydrogen-bond donors (Lipinski definition) is 0. The molecular weight excluding hydrogens is 560 g/mol. The summed E-state index contributed by atoms with van der Waals surface area (Å²) in [5.41, 5.74) is -3.46. The lowest BCUT2D eigenvalue weighted by Gasteiger charge is -2.11. The van der Waals surface area contributed by atoms with E-state index in [2.05, 4.69) is 25.1 Å². The third kappa shape index (κ3) is 4.03. The smallest absolute Gasteiger partial charge is 0.322 e. The largest absolute Gasteiger partial charge is 0.453 e. The highest BCUT2D eigenvalue weighted by Gasteiger charge is 2.37. The van der Waals surface area contributed by atoms with Gasteiger partial charge in [0.05, 0.1) is 11.3 Å². The van der Waals surface area contributed by atoms with Crippen molar-refractivity contribution in [3.05, 3.63) is 46.5 Å². The van der Waals surface area contributed by atoms with Crippen LogP contribution in [0.25, 0.3) is 33.9 Å². The van der Waals surface area contributed by atoms with E-state index in [1.54, 1.807) is 0 Å². The highest BCUT2D eigenvalue weighted by Crippen LogP contribution is 2.35. The van der Waals surface area contributed by atoms with E-state index >= 15 is 0 Å². The van der Waals surface area contributed by atoms with Gasteiger partial charge in [-0.1, -0.05) is 6.92 Å². The summed E-state index contributed by atoms with van der Waals surface area (Å²) in [7, 11) is -1.95. The Kier molecular flexibility index (Phi) is 5.64.